The van der Waals surface area contributed by atoms with Crippen molar-refractivity contribution in [1.82, 2.24) is 14.1 Å². The van der Waals surface area contributed by atoms with Gasteiger partial charge in [-0.25, -0.2) is 4.98 Å². The van der Waals surface area contributed by atoms with E-state index >= 15 is 0 Å². The van der Waals surface area contributed by atoms with Crippen molar-refractivity contribution >= 4 is 61.7 Å². The molecule has 5 nitrogen and oxygen atoms in total. The Labute approximate surface area is 528 Å². The lowest BCUT2D eigenvalue weighted by atomic mass is 9.84. The zero-order chi connectivity index (χ0) is 67.6. The minimum atomic E-state index is -3.70. The fraction of sp³-hybridized carbons (Fsp3) is 0.0488. The van der Waals surface area contributed by atoms with Crippen molar-refractivity contribution in [1.29, 1.82) is 0 Å². The number of benzene rings is 12. The third kappa shape index (κ3) is 8.66. The van der Waals surface area contributed by atoms with Crippen molar-refractivity contribution in [3.05, 3.63) is 321 Å². The summed E-state index contributed by atoms with van der Waals surface area (Å²) in [5.41, 5.74) is 9.67. The summed E-state index contributed by atoms with van der Waals surface area (Å²) in [5, 5.41) is 5.85. The summed E-state index contributed by atoms with van der Waals surface area (Å²) in [5.74, 6) is 1.90. The molecule has 0 radical (unpaired) electrons. The third-order valence-electron chi connectivity index (χ3n) is 17.2. The molecular weight excluding hydrogens is 1090 g/mol. The van der Waals surface area contributed by atoms with Crippen molar-refractivity contribution in [2.45, 2.75) is 26.2 Å². The number of fused-ring (bicyclic) bond motifs is 10. The second-order valence-corrected chi connectivity index (χ2v) is 27.1. The molecule has 3 aromatic heterocycles. The Morgan fingerprint density at radius 1 is 0.443 bits per heavy atom. The van der Waals surface area contributed by atoms with Crippen LogP contribution in [0.4, 0.5) is 0 Å². The summed E-state index contributed by atoms with van der Waals surface area (Å²) in [6, 6.07) is 76.2. The van der Waals surface area contributed by atoms with E-state index in [1.807, 2.05) is 179 Å². The maximum Gasteiger partial charge on any atom is 0.269 e. The number of aromatic nitrogens is 4. The Hall–Kier alpha value is -10.9. The molecular formula is C82H60N4OSi. The van der Waals surface area contributed by atoms with Crippen molar-refractivity contribution in [3.63, 3.8) is 0 Å². The van der Waals surface area contributed by atoms with Crippen LogP contribution in [-0.2, 0) is 5.41 Å². The topological polar surface area (TPSA) is 35.9 Å². The summed E-state index contributed by atoms with van der Waals surface area (Å²) in [6.07, 6.45) is 5.72. The molecule has 0 aliphatic carbocycles. The van der Waals surface area contributed by atoms with Gasteiger partial charge in [0.1, 0.15) is 17.3 Å². The van der Waals surface area contributed by atoms with Gasteiger partial charge >= 0.3 is 0 Å². The van der Waals surface area contributed by atoms with Gasteiger partial charge < -0.3 is 4.74 Å². The first-order valence-corrected chi connectivity index (χ1v) is 31.4. The molecule has 6 heteroatoms. The number of rotatable bonds is 10. The van der Waals surface area contributed by atoms with Crippen LogP contribution in [0.2, 0.25) is 0 Å². The quantitative estimate of drug-likeness (QED) is 0.0592. The van der Waals surface area contributed by atoms with Crippen molar-refractivity contribution in [2.24, 2.45) is 0 Å². The lowest BCUT2D eigenvalue weighted by molar-refractivity contribution is -0.570. The highest BCUT2D eigenvalue weighted by Crippen LogP contribution is 2.49. The van der Waals surface area contributed by atoms with Crippen molar-refractivity contribution in [3.8, 4) is 84.3 Å². The Bertz CT molecular complexity index is 5640. The lowest BCUT2D eigenvalue weighted by Gasteiger charge is -2.36. The van der Waals surface area contributed by atoms with Gasteiger partial charge in [0.15, 0.2) is 8.07 Å². The number of pyridine rings is 1. The fourth-order valence-corrected chi connectivity index (χ4v) is 18.2. The molecule has 0 saturated carbocycles. The van der Waals surface area contributed by atoms with E-state index in [2.05, 4.69) is 104 Å². The van der Waals surface area contributed by atoms with Gasteiger partial charge in [0, 0.05) is 23.0 Å². The van der Waals surface area contributed by atoms with E-state index in [-0.39, 0.29) is 22.1 Å². The van der Waals surface area contributed by atoms with Gasteiger partial charge in [-0.3, -0.25) is 13.7 Å². The molecule has 4 heterocycles. The first-order valence-electron chi connectivity index (χ1n) is 34.4. The minimum absolute atomic E-state index is 0.0407. The number of hydrogen-bond acceptors (Lipinski definition) is 2. The molecule has 0 unspecified atom stereocenters. The summed E-state index contributed by atoms with van der Waals surface area (Å²) >= 11 is 0. The zero-order valence-electron chi connectivity index (χ0n) is 58.4. The highest BCUT2D eigenvalue weighted by Gasteiger charge is 2.43. The molecule has 0 N–H and O–H groups in total. The van der Waals surface area contributed by atoms with E-state index in [4.69, 9.17) is 12.5 Å². The lowest BCUT2D eigenvalue weighted by Crippen LogP contribution is -2.74. The summed E-state index contributed by atoms with van der Waals surface area (Å²) < 4.78 is 108. The van der Waals surface area contributed by atoms with Crippen LogP contribution in [0.25, 0.3) is 106 Å². The molecule has 88 heavy (non-hydrogen) atoms. The number of ether oxygens (including phenoxy) is 1. The van der Waals surface area contributed by atoms with Crippen LogP contribution in [0.1, 0.15) is 40.0 Å². The molecule has 0 atom stereocenters. The molecule has 12 aromatic carbocycles. The molecule has 0 spiro atoms. The molecule has 15 aromatic rings. The Morgan fingerprint density at radius 3 is 1.68 bits per heavy atom. The second-order valence-electron chi connectivity index (χ2n) is 23.3. The first kappa shape index (κ1) is 42.8. The smallest absolute Gasteiger partial charge is 0.269 e. The molecule has 1 aliphatic heterocycles. The van der Waals surface area contributed by atoms with Crippen LogP contribution in [0.15, 0.2) is 309 Å². The largest absolute Gasteiger partial charge is 0.458 e. The Morgan fingerprint density at radius 2 is 0.989 bits per heavy atom. The van der Waals surface area contributed by atoms with Gasteiger partial charge in [0.25, 0.3) is 6.33 Å². The molecule has 0 saturated heterocycles. The SMILES string of the molecule is [2H]c1c([2H])c([2H])c(-c2cccc3c2-c2cc([Si](c4ccccc4)(c4ccccc4)c4ccccc4)cc(-c4c([2H])c([2H])c([2H])c([2H])c4[2H])c2-[n+]2[c-]n(-c4cccc(Oc5ccc6c7ccccc7n(-c7cc(C(C)(C)C)ccn7)c6c5)c4)c4cccc(c42)-c2ccccc2-3)c([2H])c1[2H]. The summed E-state index contributed by atoms with van der Waals surface area (Å²) in [6.45, 7) is 6.58. The maximum absolute atomic E-state index is 10.1. The van der Waals surface area contributed by atoms with Gasteiger partial charge in [-0.05, 0) is 136 Å². The molecule has 16 rings (SSSR count). The average molecular weight is 1160 g/mol. The van der Waals surface area contributed by atoms with Crippen molar-refractivity contribution < 1.29 is 23.0 Å². The van der Waals surface area contributed by atoms with Gasteiger partial charge in [0.2, 0.25) is 0 Å². The van der Waals surface area contributed by atoms with Crippen LogP contribution in [0.3, 0.4) is 0 Å². The molecule has 1 aliphatic rings. The van der Waals surface area contributed by atoms with Crippen LogP contribution in [-0.4, -0.2) is 22.2 Å². The molecule has 418 valence electrons. The Balaban J connectivity index is 1.03. The van der Waals surface area contributed by atoms with Gasteiger partial charge in [-0.15, -0.1) is 0 Å². The minimum Gasteiger partial charge on any atom is -0.458 e. The van der Waals surface area contributed by atoms with Crippen molar-refractivity contribution in [2.75, 3.05) is 0 Å². The predicted molar refractivity (Wildman–Crippen MR) is 365 cm³/mol. The van der Waals surface area contributed by atoms with Gasteiger partial charge in [-0.2, -0.15) is 0 Å². The zero-order valence-corrected chi connectivity index (χ0v) is 49.4. The van der Waals surface area contributed by atoms with E-state index < -0.39 is 68.5 Å². The summed E-state index contributed by atoms with van der Waals surface area (Å²) in [4.78, 5) is 4.92. The van der Waals surface area contributed by atoms with E-state index in [1.165, 1.54) is 0 Å². The van der Waals surface area contributed by atoms with E-state index in [1.54, 1.807) is 6.07 Å². The number of hydrogen-bond donors (Lipinski definition) is 0. The fourth-order valence-electron chi connectivity index (χ4n) is 13.4. The Kier molecular flexibility index (Phi) is 10.3. The van der Waals surface area contributed by atoms with Gasteiger partial charge in [-0.1, -0.05) is 269 Å². The highest BCUT2D eigenvalue weighted by atomic mass is 28.3. The van der Waals surface area contributed by atoms with Crippen LogP contribution < -0.4 is 30.1 Å². The molecule has 0 bridgehead atoms. The summed E-state index contributed by atoms with van der Waals surface area (Å²) in [7, 11) is -3.70. The normalized spacial score (nSPS) is 13.6. The average Bonchev–Trinajstić information content (AvgIpc) is 1.39. The molecule has 0 fully saturated rings. The van der Waals surface area contributed by atoms with Crippen LogP contribution in [0.5, 0.6) is 11.5 Å². The van der Waals surface area contributed by atoms with E-state index in [0.29, 0.717) is 56.2 Å². The standard InChI is InChI=1S/C82H60N4OSi/c1-82(2,3)58-48-49-83-78(50-58)86-75-44-22-21-40-69(75)70-47-46-61(52-77(70)86)87-60-31-23-30-59(51-60)84-55-85-80-73(57-28-11-5-12-29-57)53-65(88(62-32-13-6-14-33-62,63-34-15-7-16-35-63)64-36-17-8-18-37-64)54-74(80)79-66(56-26-9-4-10-27-56)41-24-42-71(79)67-38-19-20-39-68(67)72-43-25-45-76(84)81(72)85/h4-54H,1-3H3/i4D,5D,9D,10D,11D,12D,26D,27D,28D,29D. The molecule has 0 amide bonds. The van der Waals surface area contributed by atoms with E-state index in [0.717, 1.165) is 70.6 Å². The maximum atomic E-state index is 10.1. The second kappa shape index (κ2) is 21.2. The number of nitrogens with zero attached hydrogens (tertiary/aromatic N) is 4. The predicted octanol–water partition coefficient (Wildman–Crippen LogP) is 17.3. The number of imidazole rings is 1. The third-order valence-corrected chi connectivity index (χ3v) is 22.0. The van der Waals surface area contributed by atoms with Crippen LogP contribution >= 0.6 is 0 Å². The number of para-hydroxylation sites is 2. The van der Waals surface area contributed by atoms with Crippen LogP contribution in [0, 0.1) is 6.33 Å². The monoisotopic (exact) mass is 1150 g/mol. The first-order chi connectivity index (χ1) is 47.4. The van der Waals surface area contributed by atoms with Gasteiger partial charge in [0.05, 0.1) is 47.1 Å². The highest BCUT2D eigenvalue weighted by molar-refractivity contribution is 7.20. The van der Waals surface area contributed by atoms with E-state index in [9.17, 15) is 11.0 Å².